The molecular weight excluding hydrogens is 568 g/mol. The third-order valence-corrected chi connectivity index (χ3v) is 11.9. The molecule has 4 aromatic rings. The number of alkyl halides is 3. The number of para-hydroxylation sites is 1. The number of rotatable bonds is 4. The van der Waals surface area contributed by atoms with E-state index in [0.717, 1.165) is 45.0 Å². The molecule has 0 spiro atoms. The molecule has 2 aliphatic rings. The third kappa shape index (κ3) is 4.52. The fraction of sp³-hybridized carbons (Fsp3) is 0.242. The number of allylic oxidation sites excluding steroid dienone is 2. The van der Waals surface area contributed by atoms with Gasteiger partial charge in [0, 0.05) is 40.7 Å². The first-order valence-corrected chi connectivity index (χ1v) is 15.7. The Hall–Kier alpha value is -4.41. The number of benzene rings is 3. The molecule has 10 heteroatoms. The quantitative estimate of drug-likeness (QED) is 0.224. The van der Waals surface area contributed by atoms with Crippen molar-refractivity contribution < 1.29 is 13.2 Å². The lowest BCUT2D eigenvalue weighted by Gasteiger charge is -2.35. The number of nitrogens with zero attached hydrogens (tertiary/aromatic N) is 6. The Morgan fingerprint density at radius 3 is 2.42 bits per heavy atom. The Kier molecular flexibility index (Phi) is 6.94. The molecule has 2 aliphatic heterocycles. The maximum atomic E-state index is 13.9. The second-order valence-electron chi connectivity index (χ2n) is 11.2. The van der Waals surface area contributed by atoms with E-state index in [1.54, 1.807) is 10.7 Å². The molecule has 218 valence electrons. The first-order chi connectivity index (χ1) is 20.5. The highest BCUT2D eigenvalue weighted by Crippen LogP contribution is 2.64. The molecule has 3 aromatic carbocycles. The van der Waals surface area contributed by atoms with Crippen LogP contribution in [0.3, 0.4) is 0 Å². The monoisotopic (exact) mass is 598 g/mol. The number of aryl methyl sites for hydroxylation is 2. The van der Waals surface area contributed by atoms with Crippen LogP contribution in [0.1, 0.15) is 37.1 Å². The zero-order chi connectivity index (χ0) is 30.6. The standard InChI is InChI=1S/C33H30F3N6P/c1-22-29-31(42(39-22)19-11-18-37)38-21-28(30-32(2,3)26-16-8-9-17-27(26)41(30)4)43(29,25-14-6-5-7-15-25)40-24-13-10-12-23(20-24)33(34,35)36/h5-10,12-17,20-21H,11,19H2,1-4H3/b30-28+/t43-/m1/s1. The smallest absolute Gasteiger partial charge is 0.346 e. The van der Waals surface area contributed by atoms with Crippen molar-refractivity contribution in [3.63, 3.8) is 0 Å². The number of halogens is 3. The van der Waals surface area contributed by atoms with Crippen molar-refractivity contribution in [1.82, 2.24) is 9.78 Å². The molecule has 0 N–H and O–H groups in total. The Balaban J connectivity index is 1.79. The number of fused-ring (bicyclic) bond motifs is 2. The molecule has 0 unspecified atom stereocenters. The van der Waals surface area contributed by atoms with E-state index in [9.17, 15) is 18.4 Å². The number of aromatic nitrogens is 2. The van der Waals surface area contributed by atoms with E-state index in [1.165, 1.54) is 6.07 Å². The van der Waals surface area contributed by atoms with Gasteiger partial charge in [-0.05, 0) is 36.8 Å². The number of hydrogen-bond acceptors (Lipinski definition) is 5. The summed E-state index contributed by atoms with van der Waals surface area (Å²) in [7, 11) is -1.08. The summed E-state index contributed by atoms with van der Waals surface area (Å²) in [5.74, 6) is 0.584. The second kappa shape index (κ2) is 10.4. The highest BCUT2D eigenvalue weighted by atomic mass is 31.2. The van der Waals surface area contributed by atoms with Crippen LogP contribution in [0.15, 0.2) is 99.6 Å². The Morgan fingerprint density at radius 1 is 1.00 bits per heavy atom. The van der Waals surface area contributed by atoms with Crippen molar-refractivity contribution in [2.24, 2.45) is 9.74 Å². The topological polar surface area (TPSA) is 69.6 Å². The van der Waals surface area contributed by atoms with Crippen LogP contribution in [-0.2, 0) is 18.1 Å². The van der Waals surface area contributed by atoms with Crippen molar-refractivity contribution in [2.45, 2.75) is 45.3 Å². The lowest BCUT2D eigenvalue weighted by Crippen LogP contribution is -2.30. The molecule has 0 fully saturated rings. The normalized spacial score (nSPS) is 20.5. The molecule has 6 nitrogen and oxygen atoms in total. The van der Waals surface area contributed by atoms with Gasteiger partial charge in [0.2, 0.25) is 0 Å². The molecule has 0 saturated heterocycles. The molecule has 3 heterocycles. The van der Waals surface area contributed by atoms with E-state index >= 15 is 0 Å². The van der Waals surface area contributed by atoms with Gasteiger partial charge in [0.05, 0.1) is 48.3 Å². The Bertz CT molecular complexity index is 1890. The summed E-state index contributed by atoms with van der Waals surface area (Å²) in [4.78, 5) is 7.11. The zero-order valence-corrected chi connectivity index (χ0v) is 25.2. The van der Waals surface area contributed by atoms with Gasteiger partial charge in [-0.2, -0.15) is 23.5 Å². The van der Waals surface area contributed by atoms with Crippen LogP contribution < -0.4 is 15.5 Å². The van der Waals surface area contributed by atoms with Crippen molar-refractivity contribution in [2.75, 3.05) is 11.9 Å². The van der Waals surface area contributed by atoms with E-state index in [2.05, 4.69) is 36.9 Å². The predicted octanol–water partition coefficient (Wildman–Crippen LogP) is 7.96. The fourth-order valence-electron chi connectivity index (χ4n) is 6.36. The fourth-order valence-corrected chi connectivity index (χ4v) is 10.5. The van der Waals surface area contributed by atoms with Gasteiger partial charge in [0.15, 0.2) is 5.82 Å². The number of aliphatic imine (C=N–C) groups is 1. The molecule has 43 heavy (non-hydrogen) atoms. The Morgan fingerprint density at radius 2 is 1.72 bits per heavy atom. The van der Waals surface area contributed by atoms with Crippen LogP contribution in [0.2, 0.25) is 0 Å². The molecule has 6 rings (SSSR count). The first kappa shape index (κ1) is 28.7. The van der Waals surface area contributed by atoms with Crippen LogP contribution in [0.25, 0.3) is 0 Å². The summed E-state index contributed by atoms with van der Waals surface area (Å²) in [6.07, 6.45) is -2.44. The van der Waals surface area contributed by atoms with Gasteiger partial charge >= 0.3 is 6.18 Å². The first-order valence-electron chi connectivity index (χ1n) is 13.9. The molecule has 1 atom stereocenters. The van der Waals surface area contributed by atoms with Crippen LogP contribution in [0, 0.1) is 18.3 Å². The largest absolute Gasteiger partial charge is 0.416 e. The van der Waals surface area contributed by atoms with Crippen molar-refractivity contribution in [1.29, 1.82) is 5.26 Å². The number of anilines is 1. The summed E-state index contributed by atoms with van der Waals surface area (Å²) >= 11 is 0. The van der Waals surface area contributed by atoms with Gasteiger partial charge in [-0.1, -0.05) is 68.4 Å². The van der Waals surface area contributed by atoms with Crippen LogP contribution in [0.4, 0.5) is 30.4 Å². The average molecular weight is 599 g/mol. The van der Waals surface area contributed by atoms with Gasteiger partial charge in [-0.15, -0.1) is 0 Å². The third-order valence-electron chi connectivity index (χ3n) is 8.16. The van der Waals surface area contributed by atoms with Crippen molar-refractivity contribution >= 4 is 41.1 Å². The highest BCUT2D eigenvalue weighted by molar-refractivity contribution is 7.86. The molecule has 0 bridgehead atoms. The minimum Gasteiger partial charge on any atom is -0.346 e. The lowest BCUT2D eigenvalue weighted by molar-refractivity contribution is -0.137. The number of nitriles is 1. The van der Waals surface area contributed by atoms with E-state index in [4.69, 9.17) is 14.8 Å². The second-order valence-corrected chi connectivity index (χ2v) is 14.1. The van der Waals surface area contributed by atoms with E-state index in [1.807, 2.05) is 62.7 Å². The van der Waals surface area contributed by atoms with Crippen LogP contribution in [0.5, 0.6) is 0 Å². The molecule has 0 saturated carbocycles. The van der Waals surface area contributed by atoms with Gasteiger partial charge in [0.25, 0.3) is 0 Å². The summed E-state index contributed by atoms with van der Waals surface area (Å²) in [5, 5.41) is 16.7. The summed E-state index contributed by atoms with van der Waals surface area (Å²) in [6, 6.07) is 25.4. The molecule has 0 aliphatic carbocycles. The highest BCUT2D eigenvalue weighted by Gasteiger charge is 2.47. The zero-order valence-electron chi connectivity index (χ0n) is 24.3. The van der Waals surface area contributed by atoms with Gasteiger partial charge in [0.1, 0.15) is 0 Å². The van der Waals surface area contributed by atoms with E-state index in [0.29, 0.717) is 18.1 Å². The van der Waals surface area contributed by atoms with Crippen LogP contribution >= 0.6 is 7.05 Å². The summed E-state index contributed by atoms with van der Waals surface area (Å²) in [5.41, 5.74) is 2.88. The Labute approximate surface area is 248 Å². The summed E-state index contributed by atoms with van der Waals surface area (Å²) in [6.45, 7) is 6.55. The van der Waals surface area contributed by atoms with Crippen LogP contribution in [-0.4, -0.2) is 23.0 Å². The number of hydrogen-bond donors (Lipinski definition) is 0. The minimum absolute atomic E-state index is 0.228. The summed E-state index contributed by atoms with van der Waals surface area (Å²) < 4.78 is 48.8. The maximum absolute atomic E-state index is 13.9. The SMILES string of the molecule is Cc1nn(CCC#N)c2c1[P@@](=Nc1cccc(C(F)(F)F)c1)(c1ccccc1)/C(=C1/N(C)c3ccccc3C1(C)C)C=N2. The van der Waals surface area contributed by atoms with Crippen molar-refractivity contribution in [3.05, 3.63) is 107 Å². The molecule has 0 radical (unpaired) electrons. The molecule has 1 aromatic heterocycles. The lowest BCUT2D eigenvalue weighted by atomic mass is 9.84. The van der Waals surface area contributed by atoms with Gasteiger partial charge < -0.3 is 4.90 Å². The van der Waals surface area contributed by atoms with E-state index < -0.39 is 24.2 Å². The molecule has 0 amide bonds. The maximum Gasteiger partial charge on any atom is 0.416 e. The minimum atomic E-state index is -4.52. The number of likely N-dealkylation sites (N-methyl/N-ethyl adjacent to an activating group) is 1. The average Bonchev–Trinajstić information content (AvgIpc) is 3.42. The van der Waals surface area contributed by atoms with Gasteiger partial charge in [-0.25, -0.2) is 9.67 Å². The molecular formula is C33H30F3N6P. The van der Waals surface area contributed by atoms with E-state index in [-0.39, 0.29) is 12.1 Å². The van der Waals surface area contributed by atoms with Crippen molar-refractivity contribution in [3.8, 4) is 6.07 Å². The predicted molar refractivity (Wildman–Crippen MR) is 166 cm³/mol. The van der Waals surface area contributed by atoms with Gasteiger partial charge in [-0.3, -0.25) is 4.74 Å².